The summed E-state index contributed by atoms with van der Waals surface area (Å²) in [6, 6.07) is 14.9. The molecule has 0 aliphatic rings. The van der Waals surface area contributed by atoms with Gasteiger partial charge in [0.25, 0.3) is 0 Å². The van der Waals surface area contributed by atoms with Crippen LogP contribution in [0.15, 0.2) is 54.7 Å². The minimum atomic E-state index is -1.03. The zero-order valence-corrected chi connectivity index (χ0v) is 14.7. The molecular formula is C19H23N3O4. The summed E-state index contributed by atoms with van der Waals surface area (Å²) < 4.78 is 5.14. The Bertz CT molecular complexity index is 694. The van der Waals surface area contributed by atoms with Crippen molar-refractivity contribution in [3.63, 3.8) is 0 Å². The number of nitrogens with zero attached hydrogens (tertiary/aromatic N) is 2. The molecule has 138 valence electrons. The fourth-order valence-electron chi connectivity index (χ4n) is 2.49. The van der Waals surface area contributed by atoms with Gasteiger partial charge in [-0.25, -0.2) is 9.59 Å². The first-order valence-electron chi connectivity index (χ1n) is 8.46. The van der Waals surface area contributed by atoms with Gasteiger partial charge in [0.15, 0.2) is 0 Å². The second-order valence-corrected chi connectivity index (χ2v) is 5.63. The highest BCUT2D eigenvalue weighted by Crippen LogP contribution is 2.17. The van der Waals surface area contributed by atoms with Gasteiger partial charge in [-0.15, -0.1) is 0 Å². The Hall–Kier alpha value is -3.09. The molecular weight excluding hydrogens is 334 g/mol. The molecule has 0 radical (unpaired) electrons. The molecule has 1 aromatic heterocycles. The van der Waals surface area contributed by atoms with E-state index in [0.717, 1.165) is 11.3 Å². The van der Waals surface area contributed by atoms with E-state index >= 15 is 0 Å². The van der Waals surface area contributed by atoms with E-state index in [0.29, 0.717) is 13.0 Å². The SMILES string of the molecule is CCN(CCOC(=O)NC(Cc1ccccn1)c1ccccc1)C(=O)O. The third-order valence-electron chi connectivity index (χ3n) is 3.88. The number of hydrogen-bond acceptors (Lipinski definition) is 4. The summed E-state index contributed by atoms with van der Waals surface area (Å²) in [5, 5.41) is 11.8. The van der Waals surface area contributed by atoms with Crippen LogP contribution in [0.25, 0.3) is 0 Å². The number of alkyl carbamates (subject to hydrolysis) is 1. The predicted octanol–water partition coefficient (Wildman–Crippen LogP) is 3.09. The Labute approximate surface area is 152 Å². The van der Waals surface area contributed by atoms with E-state index in [1.54, 1.807) is 13.1 Å². The van der Waals surface area contributed by atoms with Gasteiger partial charge in [-0.1, -0.05) is 36.4 Å². The molecule has 2 rings (SSSR count). The molecule has 0 aliphatic heterocycles. The lowest BCUT2D eigenvalue weighted by Gasteiger charge is -2.20. The number of carbonyl (C=O) groups is 2. The Morgan fingerprint density at radius 2 is 1.92 bits per heavy atom. The highest BCUT2D eigenvalue weighted by atomic mass is 16.5. The van der Waals surface area contributed by atoms with Crippen LogP contribution >= 0.6 is 0 Å². The van der Waals surface area contributed by atoms with Gasteiger partial charge in [0.1, 0.15) is 6.61 Å². The molecule has 0 aliphatic carbocycles. The van der Waals surface area contributed by atoms with Crippen molar-refractivity contribution in [3.05, 3.63) is 66.0 Å². The zero-order valence-electron chi connectivity index (χ0n) is 14.7. The van der Waals surface area contributed by atoms with Crippen molar-refractivity contribution < 1.29 is 19.4 Å². The van der Waals surface area contributed by atoms with Gasteiger partial charge in [-0.2, -0.15) is 0 Å². The molecule has 2 amide bonds. The van der Waals surface area contributed by atoms with Crippen LogP contribution in [0.2, 0.25) is 0 Å². The van der Waals surface area contributed by atoms with Crippen LogP contribution < -0.4 is 5.32 Å². The Morgan fingerprint density at radius 3 is 2.54 bits per heavy atom. The molecule has 0 saturated heterocycles. The van der Waals surface area contributed by atoms with Crippen LogP contribution in [0.4, 0.5) is 9.59 Å². The molecule has 1 heterocycles. The lowest BCUT2D eigenvalue weighted by atomic mass is 10.0. The van der Waals surface area contributed by atoms with Crippen molar-refractivity contribution in [2.75, 3.05) is 19.7 Å². The highest BCUT2D eigenvalue weighted by molar-refractivity contribution is 5.68. The van der Waals surface area contributed by atoms with Crippen LogP contribution in [0.5, 0.6) is 0 Å². The van der Waals surface area contributed by atoms with Crippen molar-refractivity contribution in [2.45, 2.75) is 19.4 Å². The summed E-state index contributed by atoms with van der Waals surface area (Å²) in [4.78, 5) is 28.6. The van der Waals surface area contributed by atoms with Gasteiger partial charge in [0.05, 0.1) is 12.6 Å². The molecule has 7 nitrogen and oxygen atoms in total. The Balaban J connectivity index is 1.95. The molecule has 0 saturated carbocycles. The molecule has 2 aromatic rings. The largest absolute Gasteiger partial charge is 0.465 e. The van der Waals surface area contributed by atoms with E-state index in [9.17, 15) is 9.59 Å². The van der Waals surface area contributed by atoms with Crippen molar-refractivity contribution in [1.29, 1.82) is 0 Å². The third kappa shape index (κ3) is 6.08. The monoisotopic (exact) mass is 357 g/mol. The summed E-state index contributed by atoms with van der Waals surface area (Å²) in [6.45, 7) is 2.20. The van der Waals surface area contributed by atoms with Gasteiger partial charge in [0, 0.05) is 24.9 Å². The molecule has 7 heteroatoms. The van der Waals surface area contributed by atoms with Crippen LogP contribution in [0, 0.1) is 0 Å². The summed E-state index contributed by atoms with van der Waals surface area (Å²) in [7, 11) is 0. The molecule has 0 spiro atoms. The van der Waals surface area contributed by atoms with Crippen molar-refractivity contribution in [3.8, 4) is 0 Å². The van der Waals surface area contributed by atoms with E-state index in [2.05, 4.69) is 10.3 Å². The standard InChI is InChI=1S/C19H23N3O4/c1-2-22(19(24)25)12-13-26-18(23)21-17(15-8-4-3-5-9-15)14-16-10-6-7-11-20-16/h3-11,17H,2,12-14H2,1H3,(H,21,23)(H,24,25). The summed E-state index contributed by atoms with van der Waals surface area (Å²) in [6.07, 6.45) is 0.613. The van der Waals surface area contributed by atoms with Crippen LogP contribution in [0.3, 0.4) is 0 Å². The van der Waals surface area contributed by atoms with Crippen LogP contribution in [-0.2, 0) is 11.2 Å². The third-order valence-corrected chi connectivity index (χ3v) is 3.88. The lowest BCUT2D eigenvalue weighted by molar-refractivity contribution is 0.112. The quantitative estimate of drug-likeness (QED) is 0.757. The van der Waals surface area contributed by atoms with Gasteiger partial charge in [-0.05, 0) is 24.6 Å². The first kappa shape index (κ1) is 19.2. The molecule has 1 aromatic carbocycles. The maximum Gasteiger partial charge on any atom is 0.407 e. The smallest absolute Gasteiger partial charge is 0.407 e. The van der Waals surface area contributed by atoms with E-state index in [4.69, 9.17) is 9.84 Å². The normalized spacial score (nSPS) is 11.4. The molecule has 1 atom stereocenters. The number of hydrogen-bond donors (Lipinski definition) is 2. The number of likely N-dealkylation sites (N-methyl/N-ethyl adjacent to an activating group) is 1. The van der Waals surface area contributed by atoms with Crippen molar-refractivity contribution in [2.24, 2.45) is 0 Å². The predicted molar refractivity (Wildman–Crippen MR) is 96.9 cm³/mol. The number of pyridine rings is 1. The van der Waals surface area contributed by atoms with Gasteiger partial charge in [-0.3, -0.25) is 4.98 Å². The van der Waals surface area contributed by atoms with Gasteiger partial charge < -0.3 is 20.1 Å². The van der Waals surface area contributed by atoms with Crippen molar-refractivity contribution >= 4 is 12.2 Å². The number of rotatable bonds is 8. The molecule has 1 unspecified atom stereocenters. The maximum absolute atomic E-state index is 12.1. The van der Waals surface area contributed by atoms with Gasteiger partial charge >= 0.3 is 12.2 Å². The summed E-state index contributed by atoms with van der Waals surface area (Å²) in [5.74, 6) is 0. The molecule has 0 fully saturated rings. The number of benzene rings is 1. The van der Waals surface area contributed by atoms with E-state index in [1.807, 2.05) is 48.5 Å². The minimum absolute atomic E-state index is 0.00291. The van der Waals surface area contributed by atoms with E-state index < -0.39 is 12.2 Å². The topological polar surface area (TPSA) is 91.8 Å². The Morgan fingerprint density at radius 1 is 1.19 bits per heavy atom. The number of nitrogens with one attached hydrogen (secondary N) is 1. The number of carbonyl (C=O) groups excluding carboxylic acids is 1. The lowest BCUT2D eigenvalue weighted by Crippen LogP contribution is -2.35. The highest BCUT2D eigenvalue weighted by Gasteiger charge is 2.17. The van der Waals surface area contributed by atoms with Crippen LogP contribution in [-0.4, -0.2) is 46.9 Å². The molecule has 0 bridgehead atoms. The minimum Gasteiger partial charge on any atom is -0.465 e. The number of aromatic nitrogens is 1. The van der Waals surface area contributed by atoms with Crippen LogP contribution in [0.1, 0.15) is 24.2 Å². The molecule has 26 heavy (non-hydrogen) atoms. The second kappa shape index (κ2) is 10.0. The van der Waals surface area contributed by atoms with Gasteiger partial charge in [0.2, 0.25) is 0 Å². The maximum atomic E-state index is 12.1. The zero-order chi connectivity index (χ0) is 18.8. The average Bonchev–Trinajstić information content (AvgIpc) is 2.66. The number of carboxylic acid groups (broad SMARTS) is 1. The van der Waals surface area contributed by atoms with Crippen molar-refractivity contribution in [1.82, 2.24) is 15.2 Å². The number of ether oxygens (including phenoxy) is 1. The summed E-state index contributed by atoms with van der Waals surface area (Å²) in [5.41, 5.74) is 1.79. The number of amides is 2. The van der Waals surface area contributed by atoms with E-state index in [-0.39, 0.29) is 19.2 Å². The first-order valence-corrected chi connectivity index (χ1v) is 8.46. The summed E-state index contributed by atoms with van der Waals surface area (Å²) >= 11 is 0. The fraction of sp³-hybridized carbons (Fsp3) is 0.316. The fourth-order valence-corrected chi connectivity index (χ4v) is 2.49. The Kier molecular flexibility index (Phi) is 7.42. The second-order valence-electron chi connectivity index (χ2n) is 5.63. The van der Waals surface area contributed by atoms with E-state index in [1.165, 1.54) is 4.90 Å². The molecule has 2 N–H and O–H groups in total. The average molecular weight is 357 g/mol. The first-order chi connectivity index (χ1) is 12.6.